The van der Waals surface area contributed by atoms with Gasteiger partial charge in [-0.1, -0.05) is 91.0 Å². The van der Waals surface area contributed by atoms with E-state index in [1.165, 1.54) is 0 Å². The van der Waals surface area contributed by atoms with Crippen LogP contribution in [0.3, 0.4) is 0 Å². The third-order valence-electron chi connectivity index (χ3n) is 9.55. The van der Waals surface area contributed by atoms with Crippen molar-refractivity contribution in [1.29, 1.82) is 0 Å². The summed E-state index contributed by atoms with van der Waals surface area (Å²) in [4.78, 5) is 56.2. The molecule has 0 saturated carbocycles. The van der Waals surface area contributed by atoms with E-state index in [0.717, 1.165) is 16.7 Å². The van der Waals surface area contributed by atoms with E-state index >= 15 is 0 Å². The molecule has 4 heterocycles. The Morgan fingerprint density at radius 3 is 0.961 bits per heavy atom. The Labute approximate surface area is 296 Å². The summed E-state index contributed by atoms with van der Waals surface area (Å²) in [6.07, 6.45) is -0.726. The van der Waals surface area contributed by atoms with Crippen molar-refractivity contribution in [3.05, 3.63) is 108 Å². The molecule has 3 unspecified atom stereocenters. The molecule has 12 heteroatoms. The highest BCUT2D eigenvalue weighted by Crippen LogP contribution is 2.24. The van der Waals surface area contributed by atoms with Gasteiger partial charge in [-0.05, 0) is 37.5 Å². The Morgan fingerprint density at radius 1 is 0.451 bits per heavy atom. The lowest BCUT2D eigenvalue weighted by molar-refractivity contribution is -0.125. The van der Waals surface area contributed by atoms with Crippen LogP contribution in [0.15, 0.2) is 106 Å². The van der Waals surface area contributed by atoms with Crippen LogP contribution >= 0.6 is 0 Å². The van der Waals surface area contributed by atoms with Gasteiger partial charge in [0, 0.05) is 19.3 Å². The molecule has 3 N–H and O–H groups in total. The standard InChI is InChI=1S/C39H42N6O6/c1-22-31-34(46)40-29(20-26-15-9-5-10-16-26)38-44-33(24(3)50-38)36(48)42-30(21-27-17-11-6-12-18-27)39-45-32(23(2)51-39)35(47)41-28(37(43-31)49-22)19-25-13-7-4-8-14-25/h4-18,22-24,28-33H,19-21H2,1-3H3,(H,40,46)(H,41,47)(H,42,48)/t22?,23?,24?,28-,29-,30-,31-,32-,33-/m0/s1. The number of carbonyl (C=O) groups excluding carboxylic acids is 3. The molecule has 51 heavy (non-hydrogen) atoms. The molecule has 0 aromatic heterocycles. The second kappa shape index (κ2) is 14.8. The molecule has 0 aliphatic carbocycles. The quantitative estimate of drug-likeness (QED) is 0.362. The molecule has 4 aliphatic heterocycles. The SMILES string of the molecule is CC1OC2=N[C@@H]1C(=O)N[C@@H](Cc1ccccc1)C1=N[C@H](C(=O)N[C@@H](Cc3ccccc3)C3=N[C@H](C(=O)N[C@H]2Cc2ccccc2)C(C)O3)C(C)O1. The van der Waals surface area contributed by atoms with E-state index in [4.69, 9.17) is 29.2 Å². The van der Waals surface area contributed by atoms with Crippen molar-refractivity contribution in [1.82, 2.24) is 16.0 Å². The van der Waals surface area contributed by atoms with Gasteiger partial charge in [0.1, 0.15) is 36.4 Å². The number of carbonyl (C=O) groups is 3. The molecule has 3 aromatic carbocycles. The van der Waals surface area contributed by atoms with E-state index < -0.39 is 54.6 Å². The lowest BCUT2D eigenvalue weighted by atomic mass is 10.0. The Kier molecular flexibility index (Phi) is 9.83. The maximum Gasteiger partial charge on any atom is 0.249 e. The number of rotatable bonds is 6. The van der Waals surface area contributed by atoms with E-state index in [1.807, 2.05) is 91.0 Å². The normalized spacial score (nSPS) is 30.5. The summed E-state index contributed by atoms with van der Waals surface area (Å²) in [7, 11) is 0. The largest absolute Gasteiger partial charge is 0.474 e. The summed E-state index contributed by atoms with van der Waals surface area (Å²) in [5.74, 6) is -0.375. The Bertz CT molecular complexity index is 1620. The highest BCUT2D eigenvalue weighted by molar-refractivity contribution is 6.00. The molecule has 0 saturated heterocycles. The molecule has 0 spiro atoms. The van der Waals surface area contributed by atoms with Gasteiger partial charge in [0.05, 0.1) is 0 Å². The summed E-state index contributed by atoms with van der Waals surface area (Å²) in [6, 6.07) is 24.3. The molecular weight excluding hydrogens is 648 g/mol. The van der Waals surface area contributed by atoms with Crippen molar-refractivity contribution >= 4 is 35.4 Å². The molecule has 6 bridgehead atoms. The molecule has 264 valence electrons. The molecule has 0 fully saturated rings. The number of nitrogens with one attached hydrogen (secondary N) is 3. The first kappa shape index (κ1) is 34.0. The molecular formula is C39H42N6O6. The summed E-state index contributed by atoms with van der Waals surface area (Å²) < 4.78 is 18.7. The maximum absolute atomic E-state index is 14.0. The van der Waals surface area contributed by atoms with Crippen LogP contribution in [0.1, 0.15) is 37.5 Å². The van der Waals surface area contributed by atoms with Gasteiger partial charge in [-0.3, -0.25) is 14.4 Å². The predicted octanol–water partition coefficient (Wildman–Crippen LogP) is 2.74. The average molecular weight is 691 g/mol. The van der Waals surface area contributed by atoms with Crippen molar-refractivity contribution in [2.24, 2.45) is 15.0 Å². The van der Waals surface area contributed by atoms with Crippen molar-refractivity contribution in [2.75, 3.05) is 0 Å². The number of benzene rings is 3. The third kappa shape index (κ3) is 7.64. The second-order valence-corrected chi connectivity index (χ2v) is 13.5. The van der Waals surface area contributed by atoms with Crippen LogP contribution in [0.2, 0.25) is 0 Å². The summed E-state index contributed by atoms with van der Waals surface area (Å²) in [5, 5.41) is 9.29. The Balaban J connectivity index is 1.28. The fourth-order valence-electron chi connectivity index (χ4n) is 6.83. The number of aliphatic imine (C=N–C) groups is 3. The number of hydrogen-bond acceptors (Lipinski definition) is 9. The fraction of sp³-hybridized carbons (Fsp3) is 0.385. The zero-order chi connectivity index (χ0) is 35.5. The smallest absolute Gasteiger partial charge is 0.249 e. The topological polar surface area (TPSA) is 152 Å². The molecule has 9 atom stereocenters. The average Bonchev–Trinajstić information content (AvgIpc) is 3.84. The van der Waals surface area contributed by atoms with E-state index in [9.17, 15) is 14.4 Å². The van der Waals surface area contributed by atoms with E-state index in [0.29, 0.717) is 19.3 Å². The summed E-state index contributed by atoms with van der Waals surface area (Å²) in [5.41, 5.74) is 2.85. The second-order valence-electron chi connectivity index (χ2n) is 13.5. The summed E-state index contributed by atoms with van der Waals surface area (Å²) in [6.45, 7) is 5.33. The van der Waals surface area contributed by atoms with Crippen LogP contribution in [0.25, 0.3) is 0 Å². The molecule has 4 aliphatic rings. The zero-order valence-corrected chi connectivity index (χ0v) is 28.8. The van der Waals surface area contributed by atoms with Gasteiger partial charge in [-0.25, -0.2) is 15.0 Å². The van der Waals surface area contributed by atoms with Gasteiger partial charge in [-0.2, -0.15) is 0 Å². The van der Waals surface area contributed by atoms with Crippen LogP contribution in [0.5, 0.6) is 0 Å². The first-order valence-electron chi connectivity index (χ1n) is 17.5. The molecule has 3 amide bonds. The number of ether oxygens (including phenoxy) is 3. The molecule has 3 aromatic rings. The first-order chi connectivity index (χ1) is 24.7. The van der Waals surface area contributed by atoms with E-state index in [1.54, 1.807) is 20.8 Å². The fourth-order valence-corrected chi connectivity index (χ4v) is 6.83. The minimum absolute atomic E-state index is 0.258. The molecule has 12 nitrogen and oxygen atoms in total. The number of amides is 3. The van der Waals surface area contributed by atoms with Gasteiger partial charge in [0.2, 0.25) is 35.4 Å². The number of fused-ring (bicyclic) bond motifs is 3. The van der Waals surface area contributed by atoms with E-state index in [2.05, 4.69) is 16.0 Å². The summed E-state index contributed by atoms with van der Waals surface area (Å²) >= 11 is 0. The van der Waals surface area contributed by atoms with Gasteiger partial charge in [0.25, 0.3) is 0 Å². The number of hydrogen-bond donors (Lipinski definition) is 3. The van der Waals surface area contributed by atoms with Crippen molar-refractivity contribution in [3.63, 3.8) is 0 Å². The van der Waals surface area contributed by atoms with Crippen molar-refractivity contribution < 1.29 is 28.6 Å². The lowest BCUT2D eigenvalue weighted by Crippen LogP contribution is -2.48. The van der Waals surface area contributed by atoms with Gasteiger partial charge < -0.3 is 30.2 Å². The van der Waals surface area contributed by atoms with Crippen LogP contribution in [0.4, 0.5) is 0 Å². The lowest BCUT2D eigenvalue weighted by Gasteiger charge is -2.22. The zero-order valence-electron chi connectivity index (χ0n) is 28.8. The maximum atomic E-state index is 14.0. The first-order valence-corrected chi connectivity index (χ1v) is 17.5. The molecule has 7 rings (SSSR count). The van der Waals surface area contributed by atoms with Gasteiger partial charge >= 0.3 is 0 Å². The predicted molar refractivity (Wildman–Crippen MR) is 192 cm³/mol. The van der Waals surface area contributed by atoms with Gasteiger partial charge in [0.15, 0.2) is 18.1 Å². The van der Waals surface area contributed by atoms with Crippen molar-refractivity contribution in [2.45, 2.75) is 94.6 Å². The van der Waals surface area contributed by atoms with Crippen molar-refractivity contribution in [3.8, 4) is 0 Å². The third-order valence-corrected chi connectivity index (χ3v) is 9.55. The highest BCUT2D eigenvalue weighted by atomic mass is 16.5. The minimum Gasteiger partial charge on any atom is -0.474 e. The van der Waals surface area contributed by atoms with Gasteiger partial charge in [-0.15, -0.1) is 0 Å². The Hall–Kier alpha value is -5.52. The van der Waals surface area contributed by atoms with Crippen LogP contribution < -0.4 is 16.0 Å². The van der Waals surface area contributed by atoms with Crippen LogP contribution in [-0.2, 0) is 47.9 Å². The monoisotopic (exact) mass is 690 g/mol. The van der Waals surface area contributed by atoms with E-state index in [-0.39, 0.29) is 35.4 Å². The highest BCUT2D eigenvalue weighted by Gasteiger charge is 2.44. The van der Waals surface area contributed by atoms with Crippen LogP contribution in [-0.4, -0.2) is 90.0 Å². The van der Waals surface area contributed by atoms with Crippen LogP contribution in [0, 0.1) is 0 Å². The molecule has 0 radical (unpaired) electrons. The minimum atomic E-state index is -0.900. The Morgan fingerprint density at radius 2 is 0.706 bits per heavy atom. The number of nitrogens with zero attached hydrogens (tertiary/aromatic N) is 3.